The van der Waals surface area contributed by atoms with Crippen LogP contribution in [0.25, 0.3) is 0 Å². The molecule has 1 aromatic carbocycles. The minimum Gasteiger partial charge on any atom is -0.494 e. The molecule has 0 aliphatic rings. The Morgan fingerprint density at radius 3 is 2.61 bits per heavy atom. The van der Waals surface area contributed by atoms with Crippen molar-refractivity contribution in [3.05, 3.63) is 59.9 Å². The van der Waals surface area contributed by atoms with E-state index in [0.717, 1.165) is 0 Å². The first-order chi connectivity index (χ1) is 8.74. The number of carbonyl (C=O) groups is 1. The lowest BCUT2D eigenvalue weighted by Crippen LogP contribution is -2.14. The van der Waals surface area contributed by atoms with Crippen molar-refractivity contribution in [3.8, 4) is 5.75 Å². The molecule has 0 bridgehead atoms. The summed E-state index contributed by atoms with van der Waals surface area (Å²) in [6, 6.07) is 12.0. The van der Waals surface area contributed by atoms with E-state index >= 15 is 0 Å². The molecule has 0 spiro atoms. The summed E-state index contributed by atoms with van der Waals surface area (Å²) in [6.45, 7) is 0. The van der Waals surface area contributed by atoms with Crippen LogP contribution in [-0.2, 0) is 0 Å². The second kappa shape index (κ2) is 5.42. The molecule has 4 heteroatoms. The van der Waals surface area contributed by atoms with Gasteiger partial charge in [-0.25, -0.2) is 4.98 Å². The molecule has 0 aliphatic heterocycles. The Labute approximate surface area is 105 Å². The van der Waals surface area contributed by atoms with E-state index in [1.165, 1.54) is 13.3 Å². The molecule has 1 aromatic heterocycles. The number of benzene rings is 1. The Kier molecular flexibility index (Phi) is 3.69. The predicted molar refractivity (Wildman–Crippen MR) is 66.5 cm³/mol. The molecule has 1 N–H and O–H groups in total. The zero-order valence-corrected chi connectivity index (χ0v) is 9.91. The van der Waals surface area contributed by atoms with E-state index in [1.54, 1.807) is 36.4 Å². The van der Waals surface area contributed by atoms with Crippen LogP contribution in [0.1, 0.15) is 22.2 Å². The largest absolute Gasteiger partial charge is 0.494 e. The van der Waals surface area contributed by atoms with Crippen LogP contribution in [0.2, 0.25) is 0 Å². The normalized spacial score (nSPS) is 11.9. The first-order valence-corrected chi connectivity index (χ1v) is 5.50. The molecule has 0 radical (unpaired) electrons. The number of methoxy groups -OCH3 is 1. The zero-order valence-electron chi connectivity index (χ0n) is 9.91. The molecule has 0 fully saturated rings. The van der Waals surface area contributed by atoms with E-state index < -0.39 is 11.9 Å². The van der Waals surface area contributed by atoms with Gasteiger partial charge in [-0.3, -0.25) is 4.79 Å². The molecule has 1 unspecified atom stereocenters. The van der Waals surface area contributed by atoms with Crippen molar-refractivity contribution in [3.63, 3.8) is 0 Å². The van der Waals surface area contributed by atoms with Crippen LogP contribution in [0.5, 0.6) is 5.75 Å². The fourth-order valence-electron chi connectivity index (χ4n) is 1.66. The van der Waals surface area contributed by atoms with Crippen LogP contribution >= 0.6 is 0 Å². The van der Waals surface area contributed by atoms with E-state index in [9.17, 15) is 9.90 Å². The molecule has 2 aromatic rings. The predicted octanol–water partition coefficient (Wildman–Crippen LogP) is 2.01. The summed E-state index contributed by atoms with van der Waals surface area (Å²) in [7, 11) is 1.46. The molecular formula is C14H13NO3. The number of nitrogens with zero attached hydrogens (tertiary/aromatic N) is 1. The molecule has 4 nitrogen and oxygen atoms in total. The number of Topliss-reactive ketones (excluding diaryl/α,β-unsaturated/α-hetero) is 1. The van der Waals surface area contributed by atoms with Gasteiger partial charge in [0.25, 0.3) is 0 Å². The molecule has 1 heterocycles. The lowest BCUT2D eigenvalue weighted by atomic mass is 10.0. The smallest absolute Gasteiger partial charge is 0.217 e. The Balaban J connectivity index is 2.32. The number of rotatable bonds is 4. The fraction of sp³-hybridized carbons (Fsp3) is 0.143. The molecule has 0 saturated heterocycles. The van der Waals surface area contributed by atoms with E-state index in [1.807, 2.05) is 6.07 Å². The van der Waals surface area contributed by atoms with E-state index in [0.29, 0.717) is 11.3 Å². The average molecular weight is 243 g/mol. The molecule has 92 valence electrons. The average Bonchev–Trinajstić information content (AvgIpc) is 2.46. The maximum Gasteiger partial charge on any atom is 0.217 e. The molecular weight excluding hydrogens is 230 g/mol. The summed E-state index contributed by atoms with van der Waals surface area (Å²) in [5.41, 5.74) is 0.673. The third-order valence-electron chi connectivity index (χ3n) is 2.59. The van der Waals surface area contributed by atoms with Gasteiger partial charge >= 0.3 is 0 Å². The SMILES string of the molecule is COc1cccnc1C(=O)C(O)c1ccccc1. The summed E-state index contributed by atoms with van der Waals surface area (Å²) in [6.07, 6.45) is 0.267. The van der Waals surface area contributed by atoms with Gasteiger partial charge in [0.05, 0.1) is 7.11 Å². The fourth-order valence-corrected chi connectivity index (χ4v) is 1.66. The highest BCUT2D eigenvalue weighted by Crippen LogP contribution is 2.22. The van der Waals surface area contributed by atoms with Gasteiger partial charge in [0, 0.05) is 6.20 Å². The van der Waals surface area contributed by atoms with Crippen LogP contribution in [-0.4, -0.2) is 23.0 Å². The summed E-state index contributed by atoms with van der Waals surface area (Å²) < 4.78 is 5.06. The monoisotopic (exact) mass is 243 g/mol. The minimum absolute atomic E-state index is 0.136. The van der Waals surface area contributed by atoms with E-state index in [2.05, 4.69) is 4.98 Å². The van der Waals surface area contributed by atoms with Gasteiger partial charge < -0.3 is 9.84 Å². The van der Waals surface area contributed by atoms with Gasteiger partial charge in [-0.2, -0.15) is 0 Å². The van der Waals surface area contributed by atoms with Crippen molar-refractivity contribution in [1.29, 1.82) is 0 Å². The van der Waals surface area contributed by atoms with Gasteiger partial charge in [-0.1, -0.05) is 30.3 Å². The van der Waals surface area contributed by atoms with Crippen molar-refractivity contribution in [2.45, 2.75) is 6.10 Å². The maximum absolute atomic E-state index is 12.1. The highest BCUT2D eigenvalue weighted by Gasteiger charge is 2.23. The first kappa shape index (κ1) is 12.3. The summed E-state index contributed by atoms with van der Waals surface area (Å²) in [5, 5.41) is 10.0. The van der Waals surface area contributed by atoms with Gasteiger partial charge in [0.1, 0.15) is 11.9 Å². The molecule has 0 aliphatic carbocycles. The number of aliphatic hydroxyl groups excluding tert-OH is 1. The van der Waals surface area contributed by atoms with Crippen molar-refractivity contribution in [2.24, 2.45) is 0 Å². The van der Waals surface area contributed by atoms with Crippen LogP contribution in [0.15, 0.2) is 48.7 Å². The van der Waals surface area contributed by atoms with Gasteiger partial charge in [-0.05, 0) is 17.7 Å². The highest BCUT2D eigenvalue weighted by atomic mass is 16.5. The Morgan fingerprint density at radius 2 is 1.94 bits per heavy atom. The number of ether oxygens (including phenoxy) is 1. The molecule has 2 rings (SSSR count). The lowest BCUT2D eigenvalue weighted by Gasteiger charge is -2.11. The topological polar surface area (TPSA) is 59.4 Å². The van der Waals surface area contributed by atoms with Crippen LogP contribution in [0.4, 0.5) is 0 Å². The van der Waals surface area contributed by atoms with Crippen LogP contribution in [0, 0.1) is 0 Å². The van der Waals surface area contributed by atoms with Gasteiger partial charge in [0.2, 0.25) is 5.78 Å². The van der Waals surface area contributed by atoms with Crippen LogP contribution in [0.3, 0.4) is 0 Å². The van der Waals surface area contributed by atoms with Gasteiger partial charge in [0.15, 0.2) is 5.69 Å². The summed E-state index contributed by atoms with van der Waals surface area (Å²) in [5.74, 6) is -0.115. The Hall–Kier alpha value is -2.20. The summed E-state index contributed by atoms with van der Waals surface area (Å²) in [4.78, 5) is 16.1. The number of ketones is 1. The van der Waals surface area contributed by atoms with E-state index in [-0.39, 0.29) is 5.69 Å². The lowest BCUT2D eigenvalue weighted by molar-refractivity contribution is 0.0738. The minimum atomic E-state index is -1.23. The second-order valence-corrected chi connectivity index (χ2v) is 3.73. The standard InChI is InChI=1S/C14H13NO3/c1-18-11-8-5-9-15-12(11)14(17)13(16)10-6-3-2-4-7-10/h2-9,13,16H,1H3. The number of hydrogen-bond acceptors (Lipinski definition) is 4. The molecule has 1 atom stereocenters. The van der Waals surface area contributed by atoms with Crippen molar-refractivity contribution in [2.75, 3.05) is 7.11 Å². The number of carbonyl (C=O) groups excluding carboxylic acids is 1. The maximum atomic E-state index is 12.1. The molecule has 0 amide bonds. The molecule has 0 saturated carbocycles. The quantitative estimate of drug-likeness (QED) is 0.834. The van der Waals surface area contributed by atoms with Crippen LogP contribution < -0.4 is 4.74 Å². The second-order valence-electron chi connectivity index (χ2n) is 3.73. The molecule has 18 heavy (non-hydrogen) atoms. The van der Waals surface area contributed by atoms with Crippen molar-refractivity contribution >= 4 is 5.78 Å². The summed E-state index contributed by atoms with van der Waals surface area (Å²) >= 11 is 0. The Morgan fingerprint density at radius 1 is 1.22 bits per heavy atom. The van der Waals surface area contributed by atoms with Gasteiger partial charge in [-0.15, -0.1) is 0 Å². The number of hydrogen-bond donors (Lipinski definition) is 1. The third-order valence-corrected chi connectivity index (χ3v) is 2.59. The zero-order chi connectivity index (χ0) is 13.0. The van der Waals surface area contributed by atoms with E-state index in [4.69, 9.17) is 4.74 Å². The number of aromatic nitrogens is 1. The first-order valence-electron chi connectivity index (χ1n) is 5.50. The Bertz CT molecular complexity index is 540. The number of pyridine rings is 1. The third kappa shape index (κ3) is 2.38. The van der Waals surface area contributed by atoms with Crippen molar-refractivity contribution in [1.82, 2.24) is 4.98 Å². The van der Waals surface area contributed by atoms with Crippen molar-refractivity contribution < 1.29 is 14.6 Å². The highest BCUT2D eigenvalue weighted by molar-refractivity contribution is 6.00. The number of aliphatic hydroxyl groups is 1.